The number of hydrogen-bond acceptors (Lipinski definition) is 3. The van der Waals surface area contributed by atoms with E-state index >= 15 is 0 Å². The first-order chi connectivity index (χ1) is 14.4. The number of rotatable bonds is 5. The molecule has 0 saturated carbocycles. The van der Waals surface area contributed by atoms with Gasteiger partial charge in [-0.1, -0.05) is 24.1 Å². The molecular weight excluding hydrogens is 412 g/mol. The second kappa shape index (κ2) is 8.96. The van der Waals surface area contributed by atoms with Gasteiger partial charge in [-0.3, -0.25) is 9.67 Å². The van der Waals surface area contributed by atoms with Crippen LogP contribution in [0.15, 0.2) is 41.3 Å². The van der Waals surface area contributed by atoms with Gasteiger partial charge in [0.25, 0.3) is 0 Å². The average Bonchev–Trinajstić information content (AvgIpc) is 3.11. The third-order valence-corrected chi connectivity index (χ3v) is 7.55. The van der Waals surface area contributed by atoms with Crippen LogP contribution in [0.1, 0.15) is 47.3 Å². The van der Waals surface area contributed by atoms with Gasteiger partial charge in [0.05, 0.1) is 4.90 Å². The van der Waals surface area contributed by atoms with Gasteiger partial charge in [-0.05, 0) is 86.8 Å². The molecule has 7 heteroatoms. The lowest BCUT2D eigenvalue weighted by molar-refractivity contribution is 0.365. The van der Waals surface area contributed by atoms with Crippen molar-refractivity contribution in [1.29, 1.82) is 0 Å². The molecule has 0 bridgehead atoms. The number of aromatic amines is 1. The molecule has 0 spiro atoms. The van der Waals surface area contributed by atoms with Crippen LogP contribution in [0.5, 0.6) is 0 Å². The molecule has 3 aromatic rings. The van der Waals surface area contributed by atoms with Crippen LogP contribution in [-0.4, -0.2) is 36.4 Å². The molecule has 30 heavy (non-hydrogen) atoms. The van der Waals surface area contributed by atoms with Crippen LogP contribution in [0.2, 0.25) is 0 Å². The molecular formula is C23H28N4OS2. The first kappa shape index (κ1) is 21.2. The Morgan fingerprint density at radius 1 is 1.03 bits per heavy atom. The van der Waals surface area contributed by atoms with E-state index in [0.29, 0.717) is 11.2 Å². The summed E-state index contributed by atoms with van der Waals surface area (Å²) in [6.07, 6.45) is 4.17. The zero-order valence-corrected chi connectivity index (χ0v) is 19.4. The number of benzene rings is 2. The van der Waals surface area contributed by atoms with E-state index in [1.54, 1.807) is 0 Å². The van der Waals surface area contributed by atoms with E-state index in [1.807, 2.05) is 28.8 Å². The Labute approximate surface area is 185 Å². The summed E-state index contributed by atoms with van der Waals surface area (Å²) in [5, 5.41) is 7.44. The Morgan fingerprint density at radius 3 is 2.30 bits per heavy atom. The van der Waals surface area contributed by atoms with Crippen molar-refractivity contribution in [2.75, 3.05) is 13.1 Å². The number of nitrogens with zero attached hydrogens (tertiary/aromatic N) is 3. The van der Waals surface area contributed by atoms with Gasteiger partial charge < -0.3 is 0 Å². The minimum absolute atomic E-state index is 0.567. The minimum atomic E-state index is -1.10. The summed E-state index contributed by atoms with van der Waals surface area (Å²) < 4.78 is 17.5. The van der Waals surface area contributed by atoms with Gasteiger partial charge in [0, 0.05) is 25.2 Å². The molecule has 158 valence electrons. The number of H-pyrrole nitrogens is 1. The van der Waals surface area contributed by atoms with Crippen LogP contribution in [0.25, 0.3) is 5.69 Å². The van der Waals surface area contributed by atoms with Crippen molar-refractivity contribution in [2.45, 2.75) is 51.3 Å². The summed E-state index contributed by atoms with van der Waals surface area (Å²) >= 11 is 5.52. The second-order valence-electron chi connectivity index (χ2n) is 8.07. The van der Waals surface area contributed by atoms with E-state index in [4.69, 9.17) is 12.2 Å². The standard InChI is InChI=1S/C23H28N4OS2/c1-16-13-17(2)21(18(3)14-16)15-22-24-25-23(29)27(22)19-7-9-20(10-8-19)30(28)26-11-5-4-6-12-26/h7-10,13-14H,4-6,11-12,15H2,1-3H3,(H,25,29). The highest BCUT2D eigenvalue weighted by Gasteiger charge is 2.18. The molecule has 4 rings (SSSR count). The summed E-state index contributed by atoms with van der Waals surface area (Å²) in [7, 11) is -1.10. The van der Waals surface area contributed by atoms with E-state index in [1.165, 1.54) is 28.7 Å². The van der Waals surface area contributed by atoms with Gasteiger partial charge in [0.2, 0.25) is 0 Å². The molecule has 0 amide bonds. The van der Waals surface area contributed by atoms with Crippen molar-refractivity contribution in [3.05, 3.63) is 69.2 Å². The predicted octanol–water partition coefficient (Wildman–Crippen LogP) is 4.95. The molecule has 1 unspecified atom stereocenters. The zero-order chi connectivity index (χ0) is 21.3. The smallest absolute Gasteiger partial charge is 0.199 e. The van der Waals surface area contributed by atoms with Gasteiger partial charge >= 0.3 is 0 Å². The maximum atomic E-state index is 12.9. The maximum absolute atomic E-state index is 12.9. The Kier molecular flexibility index (Phi) is 6.32. The summed E-state index contributed by atoms with van der Waals surface area (Å²) in [6, 6.07) is 12.3. The summed E-state index contributed by atoms with van der Waals surface area (Å²) in [5.74, 6) is 0.875. The molecule has 1 fully saturated rings. The largest absolute Gasteiger partial charge is 0.272 e. The molecule has 0 aliphatic carbocycles. The van der Waals surface area contributed by atoms with Crippen molar-refractivity contribution < 1.29 is 4.21 Å². The van der Waals surface area contributed by atoms with Crippen molar-refractivity contribution in [3.8, 4) is 5.69 Å². The molecule has 1 aromatic heterocycles. The van der Waals surface area contributed by atoms with Crippen LogP contribution in [0, 0.1) is 25.5 Å². The fourth-order valence-corrected chi connectivity index (χ4v) is 5.77. The normalized spacial score (nSPS) is 16.0. The zero-order valence-electron chi connectivity index (χ0n) is 17.8. The Morgan fingerprint density at radius 2 is 1.67 bits per heavy atom. The lowest BCUT2D eigenvalue weighted by atomic mass is 9.97. The topological polar surface area (TPSA) is 53.9 Å². The maximum Gasteiger partial charge on any atom is 0.199 e. The quantitative estimate of drug-likeness (QED) is 0.571. The first-order valence-electron chi connectivity index (χ1n) is 10.4. The van der Waals surface area contributed by atoms with E-state index in [9.17, 15) is 4.21 Å². The number of aryl methyl sites for hydroxylation is 3. The predicted molar refractivity (Wildman–Crippen MR) is 124 cm³/mol. The molecule has 2 heterocycles. The molecule has 5 nitrogen and oxygen atoms in total. The monoisotopic (exact) mass is 440 g/mol. The summed E-state index contributed by atoms with van der Waals surface area (Å²) in [6.45, 7) is 8.22. The second-order valence-corrected chi connectivity index (χ2v) is 9.94. The molecule has 1 aliphatic rings. The lowest BCUT2D eigenvalue weighted by Crippen LogP contribution is -2.31. The highest BCUT2D eigenvalue weighted by Crippen LogP contribution is 2.23. The van der Waals surface area contributed by atoms with Crippen molar-refractivity contribution in [3.63, 3.8) is 0 Å². The highest BCUT2D eigenvalue weighted by molar-refractivity contribution is 7.82. The Balaban J connectivity index is 1.62. The Hall–Kier alpha value is -2.09. The minimum Gasteiger partial charge on any atom is -0.272 e. The molecule has 1 atom stereocenters. The van der Waals surface area contributed by atoms with Crippen LogP contribution < -0.4 is 0 Å². The fourth-order valence-electron chi connectivity index (χ4n) is 4.25. The van der Waals surface area contributed by atoms with Crippen molar-refractivity contribution in [1.82, 2.24) is 19.1 Å². The number of piperidine rings is 1. The van der Waals surface area contributed by atoms with Crippen molar-refractivity contribution in [2.24, 2.45) is 0 Å². The van der Waals surface area contributed by atoms with Crippen LogP contribution in [-0.2, 0) is 17.4 Å². The van der Waals surface area contributed by atoms with Crippen LogP contribution >= 0.6 is 12.2 Å². The third kappa shape index (κ3) is 4.33. The first-order valence-corrected chi connectivity index (χ1v) is 12.0. The van der Waals surface area contributed by atoms with Crippen LogP contribution in [0.4, 0.5) is 0 Å². The number of nitrogens with one attached hydrogen (secondary N) is 1. The number of aromatic nitrogens is 3. The van der Waals surface area contributed by atoms with Gasteiger partial charge in [0.15, 0.2) is 4.77 Å². The van der Waals surface area contributed by atoms with Gasteiger partial charge in [0.1, 0.15) is 16.8 Å². The molecule has 2 aromatic carbocycles. The van der Waals surface area contributed by atoms with E-state index in [-0.39, 0.29) is 0 Å². The lowest BCUT2D eigenvalue weighted by Gasteiger charge is -2.25. The molecule has 1 saturated heterocycles. The van der Waals surface area contributed by atoms with Gasteiger partial charge in [-0.25, -0.2) is 8.51 Å². The van der Waals surface area contributed by atoms with Gasteiger partial charge in [-0.2, -0.15) is 5.10 Å². The fraction of sp³-hybridized carbons (Fsp3) is 0.391. The third-order valence-electron chi connectivity index (χ3n) is 5.76. The molecule has 0 radical (unpaired) electrons. The van der Waals surface area contributed by atoms with Gasteiger partial charge in [-0.15, -0.1) is 0 Å². The molecule has 1 N–H and O–H groups in total. The average molecular weight is 441 g/mol. The molecule has 1 aliphatic heterocycles. The number of hydrogen-bond donors (Lipinski definition) is 1. The highest BCUT2D eigenvalue weighted by atomic mass is 32.2. The Bertz CT molecular complexity index is 1100. The summed E-state index contributed by atoms with van der Waals surface area (Å²) in [4.78, 5) is 0.836. The van der Waals surface area contributed by atoms with Crippen molar-refractivity contribution >= 4 is 23.2 Å². The summed E-state index contributed by atoms with van der Waals surface area (Å²) in [5.41, 5.74) is 6.01. The SMILES string of the molecule is Cc1cc(C)c(Cc2n[nH]c(=S)n2-c2ccc(S(=O)N3CCCCC3)cc2)c(C)c1. The van der Waals surface area contributed by atoms with E-state index in [0.717, 1.165) is 42.3 Å². The van der Waals surface area contributed by atoms with E-state index in [2.05, 4.69) is 47.4 Å². The van der Waals surface area contributed by atoms with E-state index < -0.39 is 11.0 Å². The van der Waals surface area contributed by atoms with Crippen LogP contribution in [0.3, 0.4) is 0 Å².